The van der Waals surface area contributed by atoms with E-state index in [1.54, 1.807) is 24.5 Å². The van der Waals surface area contributed by atoms with Crippen LogP contribution in [0.5, 0.6) is 0 Å². The zero-order chi connectivity index (χ0) is 18.6. The first kappa shape index (κ1) is 17.2. The lowest BCUT2D eigenvalue weighted by molar-refractivity contribution is -0.128. The molecule has 0 radical (unpaired) electrons. The van der Waals surface area contributed by atoms with Gasteiger partial charge in [0.1, 0.15) is 11.5 Å². The monoisotopic (exact) mass is 363 g/mol. The predicted octanol–water partition coefficient (Wildman–Crippen LogP) is 3.33. The number of aromatic nitrogens is 4. The molecule has 4 rings (SSSR count). The van der Waals surface area contributed by atoms with Crippen molar-refractivity contribution in [1.82, 2.24) is 25.1 Å². The minimum absolute atomic E-state index is 0.0944. The number of furan rings is 1. The Morgan fingerprint density at radius 2 is 2.04 bits per heavy atom. The van der Waals surface area contributed by atoms with E-state index in [1.807, 2.05) is 35.2 Å². The van der Waals surface area contributed by atoms with Crippen molar-refractivity contribution in [2.45, 2.75) is 32.2 Å². The highest BCUT2D eigenvalue weighted by atomic mass is 16.3. The Labute approximate surface area is 157 Å². The molecule has 1 unspecified atom stereocenters. The topological polar surface area (TPSA) is 77.0 Å². The summed E-state index contributed by atoms with van der Waals surface area (Å²) in [5.74, 6) is 1.01. The van der Waals surface area contributed by atoms with Crippen LogP contribution in [0.25, 0.3) is 23.2 Å². The van der Waals surface area contributed by atoms with Gasteiger partial charge in [0.2, 0.25) is 0 Å². The third kappa shape index (κ3) is 3.53. The fourth-order valence-corrected chi connectivity index (χ4v) is 3.39. The Balaban J connectivity index is 1.78. The third-order valence-corrected chi connectivity index (χ3v) is 4.83. The summed E-state index contributed by atoms with van der Waals surface area (Å²) < 4.78 is 6.94. The van der Waals surface area contributed by atoms with Crippen molar-refractivity contribution < 1.29 is 9.21 Å². The predicted molar refractivity (Wildman–Crippen MR) is 101 cm³/mol. The molecule has 1 atom stereocenters. The molecule has 138 valence electrons. The highest BCUT2D eigenvalue weighted by Crippen LogP contribution is 2.25. The van der Waals surface area contributed by atoms with Crippen LogP contribution in [-0.2, 0) is 4.79 Å². The van der Waals surface area contributed by atoms with E-state index in [9.17, 15) is 4.79 Å². The van der Waals surface area contributed by atoms with Crippen molar-refractivity contribution in [2.75, 3.05) is 6.54 Å². The van der Waals surface area contributed by atoms with E-state index in [2.05, 4.69) is 22.4 Å². The summed E-state index contributed by atoms with van der Waals surface area (Å²) in [6, 6.07) is 13.4. The molecule has 0 N–H and O–H groups in total. The fraction of sp³-hybridized carbons (Fsp3) is 0.300. The van der Waals surface area contributed by atoms with Gasteiger partial charge in [-0.3, -0.25) is 4.79 Å². The molecule has 1 fully saturated rings. The van der Waals surface area contributed by atoms with Crippen LogP contribution in [0.1, 0.15) is 31.9 Å². The Bertz CT molecular complexity index is 930. The molecule has 0 spiro atoms. The Morgan fingerprint density at radius 3 is 2.78 bits per heavy atom. The van der Waals surface area contributed by atoms with Gasteiger partial charge in [-0.25, -0.2) is 0 Å². The largest absolute Gasteiger partial charge is 0.465 e. The standard InChI is InChI=1S/C20H21N5O2/c1-15-8-5-6-12-24(15)20(26)18(14-17-11-7-13-27-17)25-19(21-22-23-25)16-9-3-2-4-10-16/h2-4,7,9-11,13-15H,5-6,8,12H2,1H3/b18-14+. The average Bonchev–Trinajstić information content (AvgIpc) is 3.38. The number of benzene rings is 1. The lowest BCUT2D eigenvalue weighted by Crippen LogP contribution is -2.43. The van der Waals surface area contributed by atoms with Crippen LogP contribution in [0, 0.1) is 0 Å². The van der Waals surface area contributed by atoms with Crippen molar-refractivity contribution in [2.24, 2.45) is 0 Å². The molecule has 0 saturated carbocycles. The molecule has 7 nitrogen and oxygen atoms in total. The van der Waals surface area contributed by atoms with Crippen molar-refractivity contribution in [3.8, 4) is 11.4 Å². The van der Waals surface area contributed by atoms with Gasteiger partial charge in [0.05, 0.1) is 6.26 Å². The normalized spacial score (nSPS) is 17.9. The van der Waals surface area contributed by atoms with Gasteiger partial charge in [0.25, 0.3) is 5.91 Å². The minimum atomic E-state index is -0.0944. The van der Waals surface area contributed by atoms with Crippen molar-refractivity contribution >= 4 is 17.7 Å². The van der Waals surface area contributed by atoms with E-state index in [0.717, 1.165) is 31.4 Å². The molecule has 27 heavy (non-hydrogen) atoms. The first-order valence-corrected chi connectivity index (χ1v) is 9.14. The second-order valence-corrected chi connectivity index (χ2v) is 6.67. The number of hydrogen-bond acceptors (Lipinski definition) is 5. The Morgan fingerprint density at radius 1 is 1.19 bits per heavy atom. The molecule has 1 aliphatic heterocycles. The van der Waals surface area contributed by atoms with Gasteiger partial charge in [0, 0.05) is 24.2 Å². The molecule has 3 aromatic rings. The van der Waals surface area contributed by atoms with E-state index < -0.39 is 0 Å². The van der Waals surface area contributed by atoms with E-state index in [1.165, 1.54) is 4.68 Å². The molecular formula is C20H21N5O2. The van der Waals surface area contributed by atoms with Gasteiger partial charge >= 0.3 is 0 Å². The maximum atomic E-state index is 13.4. The van der Waals surface area contributed by atoms with Crippen LogP contribution in [0.4, 0.5) is 0 Å². The summed E-state index contributed by atoms with van der Waals surface area (Å²) in [5, 5.41) is 12.1. The zero-order valence-corrected chi connectivity index (χ0v) is 15.2. The third-order valence-electron chi connectivity index (χ3n) is 4.83. The van der Waals surface area contributed by atoms with Crippen LogP contribution < -0.4 is 0 Å². The molecular weight excluding hydrogens is 342 g/mol. The number of rotatable bonds is 4. The smallest absolute Gasteiger partial charge is 0.273 e. The van der Waals surface area contributed by atoms with Crippen LogP contribution in [0.2, 0.25) is 0 Å². The maximum Gasteiger partial charge on any atom is 0.273 e. The molecule has 1 aliphatic rings. The lowest BCUT2D eigenvalue weighted by Gasteiger charge is -2.33. The second kappa shape index (κ2) is 7.57. The van der Waals surface area contributed by atoms with Crippen LogP contribution in [-0.4, -0.2) is 43.6 Å². The van der Waals surface area contributed by atoms with E-state index in [-0.39, 0.29) is 11.9 Å². The van der Waals surface area contributed by atoms with Gasteiger partial charge in [-0.2, -0.15) is 4.68 Å². The van der Waals surface area contributed by atoms with E-state index in [0.29, 0.717) is 17.3 Å². The first-order chi connectivity index (χ1) is 13.2. The lowest BCUT2D eigenvalue weighted by atomic mass is 10.0. The Kier molecular flexibility index (Phi) is 4.82. The number of carbonyl (C=O) groups excluding carboxylic acids is 1. The highest BCUT2D eigenvalue weighted by Gasteiger charge is 2.29. The second-order valence-electron chi connectivity index (χ2n) is 6.67. The summed E-state index contributed by atoms with van der Waals surface area (Å²) >= 11 is 0. The van der Waals surface area contributed by atoms with Crippen molar-refractivity contribution in [3.05, 3.63) is 54.5 Å². The van der Waals surface area contributed by atoms with Gasteiger partial charge in [0.15, 0.2) is 5.82 Å². The number of piperidine rings is 1. The summed E-state index contributed by atoms with van der Waals surface area (Å²) in [7, 11) is 0. The fourth-order valence-electron chi connectivity index (χ4n) is 3.39. The Hall–Kier alpha value is -3.22. The summed E-state index contributed by atoms with van der Waals surface area (Å²) in [6.07, 6.45) is 6.43. The quantitative estimate of drug-likeness (QED) is 0.665. The molecule has 3 heterocycles. The maximum absolute atomic E-state index is 13.4. The summed E-state index contributed by atoms with van der Waals surface area (Å²) in [6.45, 7) is 2.82. The zero-order valence-electron chi connectivity index (χ0n) is 15.2. The summed E-state index contributed by atoms with van der Waals surface area (Å²) in [5.41, 5.74) is 1.22. The van der Waals surface area contributed by atoms with Gasteiger partial charge in [-0.15, -0.1) is 5.10 Å². The number of hydrogen-bond donors (Lipinski definition) is 0. The molecule has 1 amide bonds. The highest BCUT2D eigenvalue weighted by molar-refractivity contribution is 6.18. The first-order valence-electron chi connectivity index (χ1n) is 9.14. The van der Waals surface area contributed by atoms with E-state index >= 15 is 0 Å². The van der Waals surface area contributed by atoms with Crippen LogP contribution >= 0.6 is 0 Å². The number of carbonyl (C=O) groups is 1. The summed E-state index contributed by atoms with van der Waals surface area (Å²) in [4.78, 5) is 15.3. The minimum Gasteiger partial charge on any atom is -0.465 e. The molecule has 0 aliphatic carbocycles. The molecule has 0 bridgehead atoms. The SMILES string of the molecule is CC1CCCCN1C(=O)/C(=C\c1ccco1)n1nnnc1-c1ccccc1. The molecule has 1 aromatic carbocycles. The molecule has 7 heteroatoms. The van der Waals surface area contributed by atoms with Crippen molar-refractivity contribution in [3.63, 3.8) is 0 Å². The number of tetrazole rings is 1. The van der Waals surface area contributed by atoms with E-state index in [4.69, 9.17) is 4.42 Å². The van der Waals surface area contributed by atoms with Gasteiger partial charge < -0.3 is 9.32 Å². The van der Waals surface area contributed by atoms with Crippen LogP contribution in [0.15, 0.2) is 53.1 Å². The number of amides is 1. The molecule has 2 aromatic heterocycles. The van der Waals surface area contributed by atoms with Gasteiger partial charge in [-0.1, -0.05) is 30.3 Å². The van der Waals surface area contributed by atoms with Crippen molar-refractivity contribution in [1.29, 1.82) is 0 Å². The number of likely N-dealkylation sites (tertiary alicyclic amines) is 1. The van der Waals surface area contributed by atoms with Crippen LogP contribution in [0.3, 0.4) is 0 Å². The van der Waals surface area contributed by atoms with Gasteiger partial charge in [-0.05, 0) is 48.7 Å². The number of nitrogens with zero attached hydrogens (tertiary/aromatic N) is 5. The average molecular weight is 363 g/mol. The molecule has 1 saturated heterocycles.